The van der Waals surface area contributed by atoms with E-state index in [1.165, 1.54) is 13.8 Å². The molecule has 0 amide bonds. The molecule has 0 saturated carbocycles. The largest absolute Gasteiger partial charge is 0.449 e. The third-order valence-electron chi connectivity index (χ3n) is 2.87. The van der Waals surface area contributed by atoms with Crippen LogP contribution in [-0.2, 0) is 9.53 Å². The molecule has 1 saturated heterocycles. The van der Waals surface area contributed by atoms with Crippen LogP contribution in [0.5, 0.6) is 0 Å². The highest BCUT2D eigenvalue weighted by atomic mass is 19.4. The van der Waals surface area contributed by atoms with Gasteiger partial charge in [0, 0.05) is 5.92 Å². The number of cyclic esters (lactones) is 1. The molecule has 1 aliphatic rings. The molecule has 0 radical (unpaired) electrons. The lowest BCUT2D eigenvalue weighted by molar-refractivity contribution is -0.262. The number of alkyl halides is 3. The van der Waals surface area contributed by atoms with Gasteiger partial charge < -0.3 is 4.74 Å². The van der Waals surface area contributed by atoms with E-state index >= 15 is 0 Å². The minimum absolute atomic E-state index is 0.688. The molecule has 5 heteroatoms. The van der Waals surface area contributed by atoms with Crippen LogP contribution >= 0.6 is 0 Å². The van der Waals surface area contributed by atoms with Gasteiger partial charge in [-0.1, -0.05) is 13.8 Å². The Morgan fingerprint density at radius 3 is 2.00 bits per heavy atom. The second kappa shape index (κ2) is 2.62. The topological polar surface area (TPSA) is 26.3 Å². The quantitative estimate of drug-likeness (QED) is 0.555. The molecule has 1 aliphatic heterocycles. The minimum Gasteiger partial charge on any atom is -0.449 e. The maximum absolute atomic E-state index is 12.5. The lowest BCUT2D eigenvalue weighted by atomic mass is 9.84. The van der Waals surface area contributed by atoms with Crippen LogP contribution in [-0.4, -0.2) is 17.7 Å². The molecule has 0 bridgehead atoms. The molecule has 0 aromatic carbocycles. The van der Waals surface area contributed by atoms with Gasteiger partial charge in [0.05, 0.1) is 5.92 Å². The van der Waals surface area contributed by atoms with E-state index in [4.69, 9.17) is 0 Å². The number of carbonyl (C=O) groups is 1. The lowest BCUT2D eigenvalue weighted by Gasteiger charge is -2.30. The van der Waals surface area contributed by atoms with Crippen molar-refractivity contribution in [1.82, 2.24) is 0 Å². The molecule has 0 spiro atoms. The van der Waals surface area contributed by atoms with Gasteiger partial charge in [0.1, 0.15) is 0 Å². The van der Waals surface area contributed by atoms with E-state index in [0.717, 1.165) is 6.92 Å². The fourth-order valence-corrected chi connectivity index (χ4v) is 1.39. The van der Waals surface area contributed by atoms with E-state index in [-0.39, 0.29) is 0 Å². The second-order valence-corrected chi connectivity index (χ2v) is 3.60. The van der Waals surface area contributed by atoms with E-state index in [0.29, 0.717) is 0 Å². The summed E-state index contributed by atoms with van der Waals surface area (Å²) in [5.74, 6) is -2.29. The third-order valence-corrected chi connectivity index (χ3v) is 2.87. The van der Waals surface area contributed by atoms with Crippen molar-refractivity contribution >= 4 is 5.97 Å². The summed E-state index contributed by atoms with van der Waals surface area (Å²) in [5.41, 5.74) is -2.32. The normalized spacial score (nSPS) is 40.6. The molecule has 0 aromatic rings. The Labute approximate surface area is 74.1 Å². The molecule has 13 heavy (non-hydrogen) atoms. The molecule has 1 rings (SSSR count). The van der Waals surface area contributed by atoms with Crippen molar-refractivity contribution in [2.24, 2.45) is 11.8 Å². The predicted molar refractivity (Wildman–Crippen MR) is 38.9 cm³/mol. The summed E-state index contributed by atoms with van der Waals surface area (Å²) in [5, 5.41) is 0. The molecule has 1 heterocycles. The van der Waals surface area contributed by atoms with Gasteiger partial charge in [-0.05, 0) is 6.92 Å². The van der Waals surface area contributed by atoms with Crippen LogP contribution in [0.1, 0.15) is 20.8 Å². The second-order valence-electron chi connectivity index (χ2n) is 3.60. The molecule has 1 fully saturated rings. The minimum atomic E-state index is -4.49. The predicted octanol–water partition coefficient (Wildman–Crippen LogP) is 2.14. The Morgan fingerprint density at radius 2 is 1.85 bits per heavy atom. The smallest absolute Gasteiger partial charge is 0.428 e. The fourth-order valence-electron chi connectivity index (χ4n) is 1.39. The molecule has 2 nitrogen and oxygen atoms in total. The highest BCUT2D eigenvalue weighted by molar-refractivity contribution is 5.75. The molecule has 3 atom stereocenters. The number of hydrogen-bond acceptors (Lipinski definition) is 2. The van der Waals surface area contributed by atoms with Gasteiger partial charge in [-0.25, -0.2) is 0 Å². The van der Waals surface area contributed by atoms with Crippen molar-refractivity contribution in [2.75, 3.05) is 0 Å². The monoisotopic (exact) mass is 196 g/mol. The average molecular weight is 196 g/mol. The van der Waals surface area contributed by atoms with Gasteiger partial charge >= 0.3 is 12.1 Å². The fraction of sp³-hybridized carbons (Fsp3) is 0.875. The Hall–Kier alpha value is -0.740. The van der Waals surface area contributed by atoms with Gasteiger partial charge in [0.15, 0.2) is 0 Å². The Balaban J connectivity index is 3.01. The molecule has 76 valence electrons. The first-order valence-electron chi connectivity index (χ1n) is 3.99. The van der Waals surface area contributed by atoms with Gasteiger partial charge in [0.25, 0.3) is 0 Å². The molecule has 1 unspecified atom stereocenters. The van der Waals surface area contributed by atoms with Crippen LogP contribution < -0.4 is 0 Å². The van der Waals surface area contributed by atoms with Gasteiger partial charge in [-0.2, -0.15) is 13.2 Å². The van der Waals surface area contributed by atoms with Gasteiger partial charge in [-0.3, -0.25) is 4.79 Å². The van der Waals surface area contributed by atoms with E-state index in [1.54, 1.807) is 0 Å². The average Bonchev–Trinajstić information content (AvgIpc) is 2.15. The first-order valence-corrected chi connectivity index (χ1v) is 3.99. The first kappa shape index (κ1) is 10.3. The highest BCUT2D eigenvalue weighted by Crippen LogP contribution is 2.47. The van der Waals surface area contributed by atoms with Crippen molar-refractivity contribution in [3.63, 3.8) is 0 Å². The van der Waals surface area contributed by atoms with Crippen LogP contribution in [0.4, 0.5) is 13.2 Å². The number of ether oxygens (including phenoxy) is 1. The Kier molecular flexibility index (Phi) is 2.09. The zero-order valence-electron chi connectivity index (χ0n) is 7.61. The number of carbonyl (C=O) groups excluding carboxylic acids is 1. The first-order chi connectivity index (χ1) is 5.70. The summed E-state index contributed by atoms with van der Waals surface area (Å²) in [4.78, 5) is 10.9. The third kappa shape index (κ3) is 1.30. The molecular weight excluding hydrogens is 185 g/mol. The number of rotatable bonds is 0. The van der Waals surface area contributed by atoms with E-state index in [9.17, 15) is 18.0 Å². The maximum Gasteiger partial charge on any atom is 0.428 e. The van der Waals surface area contributed by atoms with Crippen molar-refractivity contribution in [3.8, 4) is 0 Å². The lowest BCUT2D eigenvalue weighted by Crippen LogP contribution is -2.46. The highest BCUT2D eigenvalue weighted by Gasteiger charge is 2.63. The molecule has 0 N–H and O–H groups in total. The summed E-state index contributed by atoms with van der Waals surface area (Å²) < 4.78 is 41.8. The summed E-state index contributed by atoms with van der Waals surface area (Å²) in [7, 11) is 0. The Bertz CT molecular complexity index is 236. The molecular formula is C8H11F3O2. The van der Waals surface area contributed by atoms with Crippen molar-refractivity contribution in [3.05, 3.63) is 0 Å². The number of esters is 1. The molecule has 0 aliphatic carbocycles. The zero-order valence-corrected chi connectivity index (χ0v) is 7.61. The number of hydrogen-bond donors (Lipinski definition) is 0. The Morgan fingerprint density at radius 1 is 1.38 bits per heavy atom. The van der Waals surface area contributed by atoms with E-state index < -0.39 is 29.6 Å². The van der Waals surface area contributed by atoms with Gasteiger partial charge in [0.2, 0.25) is 5.60 Å². The zero-order chi connectivity index (χ0) is 10.4. The van der Waals surface area contributed by atoms with Crippen LogP contribution in [0.2, 0.25) is 0 Å². The maximum atomic E-state index is 12.5. The summed E-state index contributed by atoms with van der Waals surface area (Å²) in [6.45, 7) is 3.74. The van der Waals surface area contributed by atoms with Crippen LogP contribution in [0.3, 0.4) is 0 Å². The van der Waals surface area contributed by atoms with Crippen LogP contribution in [0.25, 0.3) is 0 Å². The van der Waals surface area contributed by atoms with Crippen LogP contribution in [0, 0.1) is 11.8 Å². The summed E-state index contributed by atoms with van der Waals surface area (Å²) >= 11 is 0. The SMILES string of the molecule is CC1C(=O)O[C@@](C)(C(F)(F)F)[C@H]1C. The number of halogens is 3. The van der Waals surface area contributed by atoms with E-state index in [1.807, 2.05) is 0 Å². The summed E-state index contributed by atoms with van der Waals surface area (Å²) in [6.07, 6.45) is -4.49. The van der Waals surface area contributed by atoms with Gasteiger partial charge in [-0.15, -0.1) is 0 Å². The molecule has 0 aromatic heterocycles. The summed E-state index contributed by atoms with van der Waals surface area (Å²) in [6, 6.07) is 0. The van der Waals surface area contributed by atoms with Crippen molar-refractivity contribution in [1.29, 1.82) is 0 Å². The van der Waals surface area contributed by atoms with E-state index in [2.05, 4.69) is 4.74 Å². The van der Waals surface area contributed by atoms with Crippen LogP contribution in [0.15, 0.2) is 0 Å². The standard InChI is InChI=1S/C8H11F3O2/c1-4-5(2)7(3,8(9,10)11)13-6(4)12/h4-5H,1-3H3/t4?,5-,7+/m0/s1. The van der Waals surface area contributed by atoms with Crippen molar-refractivity contribution < 1.29 is 22.7 Å². The van der Waals surface area contributed by atoms with Crippen molar-refractivity contribution in [2.45, 2.75) is 32.5 Å².